The number of nitrogens with zero attached hydrogens (tertiary/aromatic N) is 2. The van der Waals surface area contributed by atoms with E-state index in [-0.39, 0.29) is 6.03 Å². The number of likely N-dealkylation sites (tertiary alicyclic amines) is 1. The molecule has 3 heterocycles. The van der Waals surface area contributed by atoms with Crippen LogP contribution in [-0.2, 0) is 14.8 Å². The van der Waals surface area contributed by atoms with Gasteiger partial charge in [0, 0.05) is 32.5 Å². The lowest BCUT2D eigenvalue weighted by Gasteiger charge is -2.42. The van der Waals surface area contributed by atoms with Crippen molar-refractivity contribution in [3.05, 3.63) is 47.8 Å². The number of hydrogen-bond acceptors (Lipinski definition) is 6. The Morgan fingerprint density at radius 1 is 1.13 bits per heavy atom. The standard InChI is InChI=1S/C20H25N3O5S2/c24-19(21-10-14-27-17-5-2-1-3-6-17)22-11-8-20(9-12-22)23(13-15-28-20)30(25,26)18-7-4-16-29-18/h1-7,16H,8-15H2,(H,21,24). The van der Waals surface area contributed by atoms with Gasteiger partial charge in [-0.05, 0) is 23.6 Å². The topological polar surface area (TPSA) is 88.2 Å². The highest BCUT2D eigenvalue weighted by molar-refractivity contribution is 7.91. The summed E-state index contributed by atoms with van der Waals surface area (Å²) in [5.74, 6) is 0.761. The molecule has 2 fully saturated rings. The summed E-state index contributed by atoms with van der Waals surface area (Å²) in [5, 5.41) is 4.61. The third kappa shape index (κ3) is 4.31. The SMILES string of the molecule is O=C(NCCOc1ccccc1)N1CCC2(CC1)OCCN2S(=O)(=O)c1cccs1. The van der Waals surface area contributed by atoms with E-state index in [0.717, 1.165) is 5.75 Å². The average molecular weight is 452 g/mol. The molecule has 1 aromatic carbocycles. The van der Waals surface area contributed by atoms with Crippen LogP contribution >= 0.6 is 11.3 Å². The van der Waals surface area contributed by atoms with E-state index >= 15 is 0 Å². The first kappa shape index (κ1) is 21.1. The van der Waals surface area contributed by atoms with Gasteiger partial charge in [0.05, 0.1) is 13.2 Å². The van der Waals surface area contributed by atoms with Crippen LogP contribution in [-0.4, -0.2) is 68.8 Å². The van der Waals surface area contributed by atoms with Crippen LogP contribution in [0.5, 0.6) is 5.75 Å². The van der Waals surface area contributed by atoms with E-state index < -0.39 is 15.7 Å². The molecule has 2 saturated heterocycles. The van der Waals surface area contributed by atoms with Gasteiger partial charge in [-0.1, -0.05) is 24.3 Å². The maximum Gasteiger partial charge on any atom is 0.317 e. The van der Waals surface area contributed by atoms with E-state index in [1.807, 2.05) is 30.3 Å². The molecular formula is C20H25N3O5S2. The Labute approximate surface area is 180 Å². The van der Waals surface area contributed by atoms with E-state index in [1.165, 1.54) is 15.6 Å². The lowest BCUT2D eigenvalue weighted by atomic mass is 10.0. The van der Waals surface area contributed by atoms with Crippen LogP contribution in [0.15, 0.2) is 52.1 Å². The van der Waals surface area contributed by atoms with Crippen LogP contribution in [0.2, 0.25) is 0 Å². The van der Waals surface area contributed by atoms with Gasteiger partial charge < -0.3 is 19.7 Å². The third-order valence-corrected chi connectivity index (χ3v) is 8.70. The molecule has 30 heavy (non-hydrogen) atoms. The number of carbonyl (C=O) groups excluding carboxylic acids is 1. The fraction of sp³-hybridized carbons (Fsp3) is 0.450. The molecule has 0 radical (unpaired) electrons. The van der Waals surface area contributed by atoms with Gasteiger partial charge in [0.25, 0.3) is 10.0 Å². The van der Waals surface area contributed by atoms with Gasteiger partial charge in [-0.25, -0.2) is 13.2 Å². The Bertz CT molecular complexity index is 942. The molecule has 0 atom stereocenters. The Balaban J connectivity index is 1.29. The van der Waals surface area contributed by atoms with Crippen LogP contribution in [0.4, 0.5) is 4.79 Å². The molecular weight excluding hydrogens is 426 g/mol. The molecule has 1 N–H and O–H groups in total. The van der Waals surface area contributed by atoms with Crippen molar-refractivity contribution in [2.45, 2.75) is 22.8 Å². The van der Waals surface area contributed by atoms with Gasteiger partial charge in [-0.2, -0.15) is 4.31 Å². The smallest absolute Gasteiger partial charge is 0.317 e. The van der Waals surface area contributed by atoms with Crippen LogP contribution in [0.25, 0.3) is 0 Å². The number of piperidine rings is 1. The quantitative estimate of drug-likeness (QED) is 0.681. The van der Waals surface area contributed by atoms with Crippen LogP contribution in [0, 0.1) is 0 Å². The summed E-state index contributed by atoms with van der Waals surface area (Å²) in [6.07, 6.45) is 0.900. The minimum atomic E-state index is -3.59. The fourth-order valence-electron chi connectivity index (χ4n) is 3.86. The van der Waals surface area contributed by atoms with E-state index in [1.54, 1.807) is 22.4 Å². The highest BCUT2D eigenvalue weighted by Crippen LogP contribution is 2.39. The van der Waals surface area contributed by atoms with Crippen molar-refractivity contribution in [2.75, 3.05) is 39.4 Å². The van der Waals surface area contributed by atoms with Crippen molar-refractivity contribution in [2.24, 2.45) is 0 Å². The molecule has 162 valence electrons. The first-order valence-corrected chi connectivity index (χ1v) is 12.2. The molecule has 2 amide bonds. The number of rotatable bonds is 6. The molecule has 0 saturated carbocycles. The maximum absolute atomic E-state index is 13.0. The van der Waals surface area contributed by atoms with E-state index in [2.05, 4.69) is 5.32 Å². The Hall–Kier alpha value is -2.14. The summed E-state index contributed by atoms with van der Waals surface area (Å²) in [7, 11) is -3.59. The van der Waals surface area contributed by atoms with Crippen molar-refractivity contribution in [3.63, 3.8) is 0 Å². The Morgan fingerprint density at radius 2 is 1.90 bits per heavy atom. The molecule has 1 aromatic heterocycles. The molecule has 10 heteroatoms. The number of thiophene rings is 1. The van der Waals surface area contributed by atoms with E-state index in [9.17, 15) is 13.2 Å². The molecule has 4 rings (SSSR count). The summed E-state index contributed by atoms with van der Waals surface area (Å²) in [4.78, 5) is 14.2. The number of amides is 2. The Morgan fingerprint density at radius 3 is 2.60 bits per heavy atom. The van der Waals surface area contributed by atoms with Crippen molar-refractivity contribution >= 4 is 27.4 Å². The largest absolute Gasteiger partial charge is 0.492 e. The fourth-order valence-corrected chi connectivity index (χ4v) is 6.69. The molecule has 0 bridgehead atoms. The highest BCUT2D eigenvalue weighted by Gasteiger charge is 2.51. The number of benzene rings is 1. The lowest BCUT2D eigenvalue weighted by Crippen LogP contribution is -2.56. The Kier molecular flexibility index (Phi) is 6.28. The molecule has 0 aliphatic carbocycles. The minimum Gasteiger partial charge on any atom is -0.492 e. The molecule has 2 aliphatic rings. The average Bonchev–Trinajstić information content (AvgIpc) is 3.44. The predicted molar refractivity (Wildman–Crippen MR) is 113 cm³/mol. The van der Waals surface area contributed by atoms with Gasteiger partial charge in [0.1, 0.15) is 22.3 Å². The van der Waals surface area contributed by atoms with Crippen molar-refractivity contribution in [3.8, 4) is 5.75 Å². The second-order valence-corrected chi connectivity index (χ2v) is 10.2. The number of para-hydroxylation sites is 1. The first-order valence-electron chi connectivity index (χ1n) is 9.92. The van der Waals surface area contributed by atoms with Crippen molar-refractivity contribution in [1.29, 1.82) is 0 Å². The summed E-state index contributed by atoms with van der Waals surface area (Å²) >= 11 is 1.21. The first-order chi connectivity index (χ1) is 14.5. The highest BCUT2D eigenvalue weighted by atomic mass is 32.2. The van der Waals surface area contributed by atoms with E-state index in [4.69, 9.17) is 9.47 Å². The number of nitrogens with one attached hydrogen (secondary N) is 1. The normalized spacial score (nSPS) is 19.1. The second kappa shape index (κ2) is 8.93. The van der Waals surface area contributed by atoms with Crippen molar-refractivity contribution in [1.82, 2.24) is 14.5 Å². The zero-order valence-electron chi connectivity index (χ0n) is 16.5. The monoisotopic (exact) mass is 451 g/mol. The third-order valence-electron chi connectivity index (χ3n) is 5.38. The summed E-state index contributed by atoms with van der Waals surface area (Å²) in [5.41, 5.74) is -0.865. The van der Waals surface area contributed by atoms with Gasteiger partial charge in [-0.3, -0.25) is 0 Å². The van der Waals surface area contributed by atoms with E-state index in [0.29, 0.717) is 56.4 Å². The molecule has 1 spiro atoms. The molecule has 8 nitrogen and oxygen atoms in total. The van der Waals surface area contributed by atoms with Crippen LogP contribution in [0.3, 0.4) is 0 Å². The van der Waals surface area contributed by atoms with Crippen LogP contribution < -0.4 is 10.1 Å². The van der Waals surface area contributed by atoms with Gasteiger partial charge in [0.2, 0.25) is 0 Å². The van der Waals surface area contributed by atoms with Crippen molar-refractivity contribution < 1.29 is 22.7 Å². The molecule has 2 aliphatic heterocycles. The molecule has 2 aromatic rings. The lowest BCUT2D eigenvalue weighted by molar-refractivity contribution is -0.0845. The minimum absolute atomic E-state index is 0.174. The number of sulfonamides is 1. The number of ether oxygens (including phenoxy) is 2. The van der Waals surface area contributed by atoms with Gasteiger partial charge in [-0.15, -0.1) is 11.3 Å². The number of carbonyl (C=O) groups is 1. The van der Waals surface area contributed by atoms with Crippen LogP contribution in [0.1, 0.15) is 12.8 Å². The second-order valence-electron chi connectivity index (χ2n) is 7.18. The zero-order valence-corrected chi connectivity index (χ0v) is 18.2. The van der Waals surface area contributed by atoms with Gasteiger partial charge in [0.15, 0.2) is 0 Å². The summed E-state index contributed by atoms with van der Waals surface area (Å²) in [6, 6.07) is 12.6. The number of hydrogen-bond donors (Lipinski definition) is 1. The molecule has 0 unspecified atom stereocenters. The predicted octanol–water partition coefficient (Wildman–Crippen LogP) is 2.35. The van der Waals surface area contributed by atoms with Gasteiger partial charge >= 0.3 is 6.03 Å². The summed E-state index contributed by atoms with van der Waals surface area (Å²) in [6.45, 7) is 2.34. The maximum atomic E-state index is 13.0. The zero-order chi connectivity index (χ0) is 21.0. The number of urea groups is 1. The summed E-state index contributed by atoms with van der Waals surface area (Å²) < 4.78 is 39.4.